The van der Waals surface area contributed by atoms with E-state index in [0.717, 1.165) is 6.08 Å². The van der Waals surface area contributed by atoms with Gasteiger partial charge in [-0.1, -0.05) is 24.8 Å². The highest BCUT2D eigenvalue weighted by Crippen LogP contribution is 2.21. The topological polar surface area (TPSA) is 75.7 Å². The zero-order chi connectivity index (χ0) is 15.3. The maximum Gasteiger partial charge on any atom is 0.243 e. The van der Waals surface area contributed by atoms with Crippen molar-refractivity contribution in [2.75, 3.05) is 26.3 Å². The Morgan fingerprint density at radius 3 is 2.67 bits per heavy atom. The van der Waals surface area contributed by atoms with E-state index in [9.17, 15) is 13.2 Å². The summed E-state index contributed by atoms with van der Waals surface area (Å²) in [4.78, 5) is 11.5. The molecule has 0 bridgehead atoms. The van der Waals surface area contributed by atoms with Gasteiger partial charge < -0.3 is 10.1 Å². The molecule has 0 saturated carbocycles. The summed E-state index contributed by atoms with van der Waals surface area (Å²) in [6, 6.07) is 6.66. The number of morpholine rings is 1. The molecule has 6 nitrogen and oxygen atoms in total. The third-order valence-electron chi connectivity index (χ3n) is 3.20. The van der Waals surface area contributed by atoms with Crippen molar-refractivity contribution in [3.63, 3.8) is 0 Å². The van der Waals surface area contributed by atoms with Crippen LogP contribution in [0.1, 0.15) is 5.56 Å². The molecule has 1 aromatic carbocycles. The van der Waals surface area contributed by atoms with E-state index in [-0.39, 0.29) is 17.3 Å². The largest absolute Gasteiger partial charge is 0.379 e. The summed E-state index contributed by atoms with van der Waals surface area (Å²) >= 11 is 0. The molecule has 1 aromatic rings. The SMILES string of the molecule is C=CC(=O)NCc1ccccc1S(=O)(=O)N1CCOCC1. The minimum absolute atomic E-state index is 0.143. The van der Waals surface area contributed by atoms with Gasteiger partial charge in [0.15, 0.2) is 0 Å². The minimum Gasteiger partial charge on any atom is -0.379 e. The number of carbonyl (C=O) groups excluding carboxylic acids is 1. The molecule has 1 aliphatic rings. The summed E-state index contributed by atoms with van der Waals surface area (Å²) in [7, 11) is -3.57. The van der Waals surface area contributed by atoms with Gasteiger partial charge in [0, 0.05) is 19.6 Å². The monoisotopic (exact) mass is 310 g/mol. The molecular weight excluding hydrogens is 292 g/mol. The van der Waals surface area contributed by atoms with E-state index in [1.165, 1.54) is 4.31 Å². The lowest BCUT2D eigenvalue weighted by molar-refractivity contribution is -0.116. The Kier molecular flexibility index (Phi) is 5.11. The molecule has 1 saturated heterocycles. The van der Waals surface area contributed by atoms with E-state index in [1.54, 1.807) is 24.3 Å². The van der Waals surface area contributed by atoms with Crippen LogP contribution in [0.15, 0.2) is 41.8 Å². The predicted octanol–water partition coefficient (Wildman–Crippen LogP) is 0.510. The van der Waals surface area contributed by atoms with Gasteiger partial charge in [-0.25, -0.2) is 8.42 Å². The number of carbonyl (C=O) groups is 1. The molecule has 21 heavy (non-hydrogen) atoms. The lowest BCUT2D eigenvalue weighted by atomic mass is 10.2. The second kappa shape index (κ2) is 6.84. The number of nitrogens with zero attached hydrogens (tertiary/aromatic N) is 1. The van der Waals surface area contributed by atoms with Crippen molar-refractivity contribution in [2.24, 2.45) is 0 Å². The van der Waals surface area contributed by atoms with Gasteiger partial charge >= 0.3 is 0 Å². The second-order valence-corrected chi connectivity index (χ2v) is 6.45. The Morgan fingerprint density at radius 2 is 2.00 bits per heavy atom. The summed E-state index contributed by atoms with van der Waals surface area (Å²) in [6.45, 7) is 4.99. The van der Waals surface area contributed by atoms with E-state index in [1.807, 2.05) is 0 Å². The molecule has 1 N–H and O–H groups in total. The molecule has 114 valence electrons. The predicted molar refractivity (Wildman–Crippen MR) is 78.1 cm³/mol. The van der Waals surface area contributed by atoms with Crippen LogP contribution in [0.5, 0.6) is 0 Å². The highest BCUT2D eigenvalue weighted by atomic mass is 32.2. The number of hydrogen-bond acceptors (Lipinski definition) is 4. The quantitative estimate of drug-likeness (QED) is 0.804. The first-order valence-corrected chi connectivity index (χ1v) is 8.06. The van der Waals surface area contributed by atoms with E-state index in [4.69, 9.17) is 4.74 Å². The third kappa shape index (κ3) is 3.69. The first-order valence-electron chi connectivity index (χ1n) is 6.62. The van der Waals surface area contributed by atoms with Crippen molar-refractivity contribution in [1.82, 2.24) is 9.62 Å². The number of amides is 1. The molecule has 1 heterocycles. The van der Waals surface area contributed by atoms with Crippen LogP contribution in [0.2, 0.25) is 0 Å². The van der Waals surface area contributed by atoms with Gasteiger partial charge in [0.25, 0.3) is 0 Å². The van der Waals surface area contributed by atoms with E-state index < -0.39 is 10.0 Å². The summed E-state index contributed by atoms with van der Waals surface area (Å²) in [6.07, 6.45) is 1.15. The normalized spacial score (nSPS) is 16.4. The van der Waals surface area contributed by atoms with Gasteiger partial charge in [0.2, 0.25) is 15.9 Å². The zero-order valence-electron chi connectivity index (χ0n) is 11.6. The van der Waals surface area contributed by atoms with Crippen LogP contribution >= 0.6 is 0 Å². The summed E-state index contributed by atoms with van der Waals surface area (Å²) < 4.78 is 31.9. The zero-order valence-corrected chi connectivity index (χ0v) is 12.4. The van der Waals surface area contributed by atoms with Crippen molar-refractivity contribution in [2.45, 2.75) is 11.4 Å². The van der Waals surface area contributed by atoms with Crippen molar-refractivity contribution in [1.29, 1.82) is 0 Å². The minimum atomic E-state index is -3.57. The standard InChI is InChI=1S/C14H18N2O4S/c1-2-14(17)15-11-12-5-3-4-6-13(12)21(18,19)16-7-9-20-10-8-16/h2-6H,1,7-11H2,(H,15,17). The molecule has 2 rings (SSSR count). The maximum atomic E-state index is 12.7. The highest BCUT2D eigenvalue weighted by Gasteiger charge is 2.28. The Hall–Kier alpha value is -1.70. The van der Waals surface area contributed by atoms with Gasteiger partial charge in [0.1, 0.15) is 0 Å². The molecule has 1 aliphatic heterocycles. The number of hydrogen-bond donors (Lipinski definition) is 1. The van der Waals surface area contributed by atoms with Crippen LogP contribution in [0.4, 0.5) is 0 Å². The number of sulfonamides is 1. The second-order valence-electron chi connectivity index (χ2n) is 4.55. The van der Waals surface area contributed by atoms with Crippen LogP contribution in [-0.4, -0.2) is 44.9 Å². The molecule has 0 aliphatic carbocycles. The van der Waals surface area contributed by atoms with Crippen LogP contribution in [0.3, 0.4) is 0 Å². The molecule has 1 fully saturated rings. The molecule has 0 unspecified atom stereocenters. The lowest BCUT2D eigenvalue weighted by Crippen LogP contribution is -2.41. The van der Waals surface area contributed by atoms with Gasteiger partial charge in [-0.15, -0.1) is 0 Å². The first kappa shape index (κ1) is 15.7. The van der Waals surface area contributed by atoms with Gasteiger partial charge in [0.05, 0.1) is 18.1 Å². The first-order chi connectivity index (χ1) is 10.1. The third-order valence-corrected chi connectivity index (χ3v) is 5.20. The van der Waals surface area contributed by atoms with Crippen molar-refractivity contribution in [3.05, 3.63) is 42.5 Å². The van der Waals surface area contributed by atoms with Crippen LogP contribution in [0.25, 0.3) is 0 Å². The fourth-order valence-electron chi connectivity index (χ4n) is 2.08. The highest BCUT2D eigenvalue weighted by molar-refractivity contribution is 7.89. The van der Waals surface area contributed by atoms with Gasteiger partial charge in [-0.2, -0.15) is 4.31 Å². The van der Waals surface area contributed by atoms with E-state index in [0.29, 0.717) is 31.9 Å². The molecule has 0 radical (unpaired) electrons. The molecule has 0 atom stereocenters. The Balaban J connectivity index is 2.25. The number of benzene rings is 1. The average molecular weight is 310 g/mol. The molecule has 0 aromatic heterocycles. The summed E-state index contributed by atoms with van der Waals surface area (Å²) in [5.41, 5.74) is 0.555. The van der Waals surface area contributed by atoms with Gasteiger partial charge in [-0.05, 0) is 17.7 Å². The van der Waals surface area contributed by atoms with Crippen molar-refractivity contribution in [3.8, 4) is 0 Å². The van der Waals surface area contributed by atoms with Crippen molar-refractivity contribution < 1.29 is 17.9 Å². The fraction of sp³-hybridized carbons (Fsp3) is 0.357. The average Bonchev–Trinajstić information content (AvgIpc) is 2.53. The molecule has 1 amide bonds. The lowest BCUT2D eigenvalue weighted by Gasteiger charge is -2.27. The van der Waals surface area contributed by atoms with Crippen LogP contribution in [0, 0.1) is 0 Å². The number of rotatable bonds is 5. The Bertz CT molecular complexity index is 622. The summed E-state index contributed by atoms with van der Waals surface area (Å²) in [5.74, 6) is -0.339. The Morgan fingerprint density at radius 1 is 1.33 bits per heavy atom. The molecule has 7 heteroatoms. The van der Waals surface area contributed by atoms with E-state index in [2.05, 4.69) is 11.9 Å². The molecular formula is C14H18N2O4S. The molecule has 0 spiro atoms. The number of ether oxygens (including phenoxy) is 1. The van der Waals surface area contributed by atoms with Crippen molar-refractivity contribution >= 4 is 15.9 Å². The van der Waals surface area contributed by atoms with Crippen LogP contribution < -0.4 is 5.32 Å². The fourth-order valence-corrected chi connectivity index (χ4v) is 3.71. The van der Waals surface area contributed by atoms with E-state index >= 15 is 0 Å². The van der Waals surface area contributed by atoms with Crippen LogP contribution in [-0.2, 0) is 26.1 Å². The maximum absolute atomic E-state index is 12.7. The smallest absolute Gasteiger partial charge is 0.243 e. The summed E-state index contributed by atoms with van der Waals surface area (Å²) in [5, 5.41) is 2.60. The van der Waals surface area contributed by atoms with Gasteiger partial charge in [-0.3, -0.25) is 4.79 Å². The Labute approximate surface area is 124 Å². The number of nitrogens with one attached hydrogen (secondary N) is 1.